The predicted octanol–water partition coefficient (Wildman–Crippen LogP) is 0.630. The standard InChI is InChI=1S/C20H16N4O7/c1-22-16(26)15-17(23(2)19(22)28)31-13-5-3-4-12(25)14(13)20(15)10-8-9(24(29)30)6-7-11(10)21-18(20)27/h6-8H,3-5H2,1-2H3,(H,21,27). The number of rotatable bonds is 1. The summed E-state index contributed by atoms with van der Waals surface area (Å²) in [6.07, 6.45) is 0.942. The number of allylic oxidation sites excluding steroid dienone is 1. The molecule has 2 aromatic rings. The van der Waals surface area contributed by atoms with Gasteiger partial charge in [-0.3, -0.25) is 33.6 Å². The summed E-state index contributed by atoms with van der Waals surface area (Å²) in [6, 6.07) is 3.80. The van der Waals surface area contributed by atoms with E-state index in [1.54, 1.807) is 0 Å². The Bertz CT molecular complexity index is 1400. The first-order chi connectivity index (χ1) is 14.7. The fraction of sp³-hybridized carbons (Fsp3) is 0.300. The molecular weight excluding hydrogens is 408 g/mol. The number of hydrogen-bond acceptors (Lipinski definition) is 7. The van der Waals surface area contributed by atoms with Gasteiger partial charge in [-0.05, 0) is 12.5 Å². The van der Waals surface area contributed by atoms with Gasteiger partial charge in [0.1, 0.15) is 16.7 Å². The number of nitrogens with zero attached hydrogens (tertiary/aromatic N) is 3. The number of Topliss-reactive ketones (excluding diaryl/α,β-unsaturated/α-hetero) is 1. The van der Waals surface area contributed by atoms with Gasteiger partial charge in [-0.15, -0.1) is 0 Å². The van der Waals surface area contributed by atoms with E-state index in [1.165, 1.54) is 32.3 Å². The summed E-state index contributed by atoms with van der Waals surface area (Å²) < 4.78 is 7.80. The van der Waals surface area contributed by atoms with E-state index in [4.69, 9.17) is 4.74 Å². The van der Waals surface area contributed by atoms with E-state index in [9.17, 15) is 29.3 Å². The molecule has 0 bridgehead atoms. The van der Waals surface area contributed by atoms with E-state index < -0.39 is 27.5 Å². The molecule has 1 N–H and O–H groups in total. The number of carbonyl (C=O) groups is 2. The second-order valence-electron chi connectivity index (χ2n) is 7.75. The van der Waals surface area contributed by atoms with E-state index in [0.717, 1.165) is 9.13 Å². The summed E-state index contributed by atoms with van der Waals surface area (Å²) in [5, 5.41) is 14.1. The van der Waals surface area contributed by atoms with Gasteiger partial charge in [-0.1, -0.05) is 0 Å². The third-order valence-electron chi connectivity index (χ3n) is 6.15. The summed E-state index contributed by atoms with van der Waals surface area (Å²) >= 11 is 0. The Labute approximate surface area is 173 Å². The Balaban J connectivity index is 2.01. The van der Waals surface area contributed by atoms with Crippen molar-refractivity contribution < 1.29 is 19.2 Å². The number of nitro benzene ring substituents is 1. The molecule has 31 heavy (non-hydrogen) atoms. The molecular formula is C20H16N4O7. The maximum Gasteiger partial charge on any atom is 0.333 e. The second kappa shape index (κ2) is 6.00. The molecule has 0 saturated carbocycles. The molecule has 1 amide bonds. The zero-order chi connectivity index (χ0) is 22.2. The van der Waals surface area contributed by atoms with Crippen molar-refractivity contribution in [2.24, 2.45) is 14.1 Å². The average Bonchev–Trinajstić information content (AvgIpc) is 3.02. The van der Waals surface area contributed by atoms with Crippen LogP contribution in [0.3, 0.4) is 0 Å². The highest BCUT2D eigenvalue weighted by Crippen LogP contribution is 2.54. The number of carbonyl (C=O) groups excluding carboxylic acids is 2. The van der Waals surface area contributed by atoms with Gasteiger partial charge in [0.25, 0.3) is 11.2 Å². The van der Waals surface area contributed by atoms with Crippen LogP contribution in [0.5, 0.6) is 5.88 Å². The van der Waals surface area contributed by atoms with Gasteiger partial charge in [0, 0.05) is 50.3 Å². The summed E-state index contributed by atoms with van der Waals surface area (Å²) in [4.78, 5) is 63.3. The first-order valence-corrected chi connectivity index (χ1v) is 9.55. The lowest BCUT2D eigenvalue weighted by molar-refractivity contribution is -0.384. The van der Waals surface area contributed by atoms with E-state index in [2.05, 4.69) is 5.32 Å². The maximum absolute atomic E-state index is 13.6. The molecule has 0 fully saturated rings. The number of hydrogen-bond donors (Lipinski definition) is 1. The molecule has 2 aliphatic heterocycles. The summed E-state index contributed by atoms with van der Waals surface area (Å²) in [5.41, 5.74) is -3.54. The van der Waals surface area contributed by atoms with Crippen LogP contribution in [-0.2, 0) is 29.1 Å². The van der Waals surface area contributed by atoms with Gasteiger partial charge >= 0.3 is 5.69 Å². The molecule has 3 heterocycles. The number of amides is 1. The van der Waals surface area contributed by atoms with Crippen LogP contribution in [-0.4, -0.2) is 25.7 Å². The summed E-state index contributed by atoms with van der Waals surface area (Å²) in [5.74, 6) is -1.01. The summed E-state index contributed by atoms with van der Waals surface area (Å²) in [7, 11) is 2.65. The van der Waals surface area contributed by atoms with E-state index >= 15 is 0 Å². The minimum atomic E-state index is -1.94. The van der Waals surface area contributed by atoms with Crippen molar-refractivity contribution in [3.05, 3.63) is 71.6 Å². The van der Waals surface area contributed by atoms with Crippen LogP contribution < -0.4 is 21.3 Å². The zero-order valence-electron chi connectivity index (χ0n) is 16.6. The van der Waals surface area contributed by atoms with Crippen molar-refractivity contribution in [2.75, 3.05) is 5.32 Å². The first kappa shape index (κ1) is 19.0. The molecule has 0 radical (unpaired) electrons. The summed E-state index contributed by atoms with van der Waals surface area (Å²) in [6.45, 7) is 0. The fourth-order valence-corrected chi connectivity index (χ4v) is 4.74. The molecule has 1 atom stereocenters. The lowest BCUT2D eigenvalue weighted by Crippen LogP contribution is -2.52. The molecule has 1 aliphatic carbocycles. The Kier molecular flexibility index (Phi) is 3.67. The van der Waals surface area contributed by atoms with Crippen molar-refractivity contribution in [2.45, 2.75) is 24.7 Å². The molecule has 0 saturated heterocycles. The molecule has 1 aromatic heterocycles. The SMILES string of the molecule is Cn1c2c(c(=O)n(C)c1=O)C1(C(=O)Nc3ccc([N+](=O)[O-])cc31)C1=C(CCCC1=O)O2. The van der Waals surface area contributed by atoms with Gasteiger partial charge in [-0.2, -0.15) is 0 Å². The van der Waals surface area contributed by atoms with E-state index in [-0.39, 0.29) is 51.9 Å². The van der Waals surface area contributed by atoms with Crippen LogP contribution in [0, 0.1) is 10.1 Å². The van der Waals surface area contributed by atoms with Crippen LogP contribution >= 0.6 is 0 Å². The smallest absolute Gasteiger partial charge is 0.333 e. The monoisotopic (exact) mass is 424 g/mol. The van der Waals surface area contributed by atoms with Gasteiger partial charge in [0.05, 0.1) is 10.5 Å². The molecule has 1 unspecified atom stereocenters. The first-order valence-electron chi connectivity index (χ1n) is 9.55. The van der Waals surface area contributed by atoms with Crippen LogP contribution in [0.2, 0.25) is 0 Å². The van der Waals surface area contributed by atoms with Crippen molar-refractivity contribution in [3.8, 4) is 5.88 Å². The van der Waals surface area contributed by atoms with Gasteiger partial charge < -0.3 is 10.1 Å². The number of nitrogens with one attached hydrogen (secondary N) is 1. The number of aromatic nitrogens is 2. The Morgan fingerprint density at radius 1 is 1.13 bits per heavy atom. The third-order valence-corrected chi connectivity index (χ3v) is 6.15. The fourth-order valence-electron chi connectivity index (χ4n) is 4.74. The number of anilines is 1. The van der Waals surface area contributed by atoms with Crippen LogP contribution in [0.1, 0.15) is 30.4 Å². The topological polar surface area (TPSA) is 143 Å². The number of benzene rings is 1. The number of nitro groups is 1. The normalized spacial score (nSPS) is 21.4. The van der Waals surface area contributed by atoms with Crippen molar-refractivity contribution >= 4 is 23.1 Å². The predicted molar refractivity (Wildman–Crippen MR) is 106 cm³/mol. The molecule has 3 aliphatic rings. The number of non-ortho nitro benzene ring substituents is 1. The Hall–Kier alpha value is -4.02. The number of fused-ring (bicyclic) bond motifs is 5. The van der Waals surface area contributed by atoms with Crippen LogP contribution in [0.4, 0.5) is 11.4 Å². The minimum absolute atomic E-state index is 0.00116. The maximum atomic E-state index is 13.6. The lowest BCUT2D eigenvalue weighted by atomic mass is 9.65. The van der Waals surface area contributed by atoms with Crippen molar-refractivity contribution in [3.63, 3.8) is 0 Å². The third kappa shape index (κ3) is 2.17. The van der Waals surface area contributed by atoms with Gasteiger partial charge in [0.15, 0.2) is 5.78 Å². The molecule has 5 rings (SSSR count). The van der Waals surface area contributed by atoms with Crippen molar-refractivity contribution in [1.29, 1.82) is 0 Å². The quantitative estimate of drug-likeness (QED) is 0.522. The largest absolute Gasteiger partial charge is 0.444 e. The minimum Gasteiger partial charge on any atom is -0.444 e. The van der Waals surface area contributed by atoms with Crippen LogP contribution in [0.15, 0.2) is 39.1 Å². The zero-order valence-corrected chi connectivity index (χ0v) is 16.6. The molecule has 1 aromatic carbocycles. The van der Waals surface area contributed by atoms with E-state index in [1.807, 2.05) is 0 Å². The molecule has 1 spiro atoms. The van der Waals surface area contributed by atoms with Crippen molar-refractivity contribution in [1.82, 2.24) is 9.13 Å². The lowest BCUT2D eigenvalue weighted by Gasteiger charge is -2.38. The second-order valence-corrected chi connectivity index (χ2v) is 7.75. The number of ether oxygens (including phenoxy) is 1. The highest BCUT2D eigenvalue weighted by molar-refractivity contribution is 6.19. The van der Waals surface area contributed by atoms with Gasteiger partial charge in [0.2, 0.25) is 11.8 Å². The average molecular weight is 424 g/mol. The number of ketones is 1. The molecule has 158 valence electrons. The Morgan fingerprint density at radius 3 is 2.58 bits per heavy atom. The molecule has 11 nitrogen and oxygen atoms in total. The Morgan fingerprint density at radius 2 is 1.87 bits per heavy atom. The van der Waals surface area contributed by atoms with Gasteiger partial charge in [-0.25, -0.2) is 4.79 Å². The van der Waals surface area contributed by atoms with E-state index in [0.29, 0.717) is 12.8 Å². The highest BCUT2D eigenvalue weighted by atomic mass is 16.6. The molecule has 11 heteroatoms. The van der Waals surface area contributed by atoms with Crippen LogP contribution in [0.25, 0.3) is 0 Å². The highest BCUT2D eigenvalue weighted by Gasteiger charge is 2.60.